The lowest BCUT2D eigenvalue weighted by molar-refractivity contribution is 0.0338. The van der Waals surface area contributed by atoms with Crippen LogP contribution in [0.25, 0.3) is 0 Å². The van der Waals surface area contributed by atoms with Crippen LogP contribution >= 0.6 is 0 Å². The van der Waals surface area contributed by atoms with E-state index >= 15 is 0 Å². The number of methoxy groups -OCH3 is 1. The minimum atomic E-state index is -0.480. The van der Waals surface area contributed by atoms with Gasteiger partial charge in [0.25, 0.3) is 5.91 Å². The number of aliphatic hydroxyl groups excluding tert-OH is 1. The van der Waals surface area contributed by atoms with Crippen molar-refractivity contribution in [2.75, 3.05) is 20.2 Å². The molecule has 0 aromatic heterocycles. The molecule has 2 aromatic rings. The number of carbonyl (C=O) groups is 1. The average molecular weight is 373 g/mol. The number of benzene rings is 2. The summed E-state index contributed by atoms with van der Waals surface area (Å²) >= 11 is 0. The molecule has 144 valence electrons. The van der Waals surface area contributed by atoms with E-state index in [1.807, 2.05) is 32.0 Å². The topological polar surface area (TPSA) is 59.0 Å². The number of hydrogen-bond acceptors (Lipinski definition) is 4. The van der Waals surface area contributed by atoms with Gasteiger partial charge in [-0.05, 0) is 43.7 Å². The normalized spacial score (nSPS) is 19.4. The Morgan fingerprint density at radius 3 is 2.63 bits per heavy atom. The quantitative estimate of drug-likeness (QED) is 0.876. The van der Waals surface area contributed by atoms with Crippen molar-refractivity contribution in [1.29, 1.82) is 0 Å². The second-order valence-electron chi connectivity index (χ2n) is 6.87. The van der Waals surface area contributed by atoms with Crippen molar-refractivity contribution in [1.82, 2.24) is 4.90 Å². The smallest absolute Gasteiger partial charge is 0.254 e. The van der Waals surface area contributed by atoms with Crippen LogP contribution < -0.4 is 4.74 Å². The molecule has 1 N–H and O–H groups in total. The summed E-state index contributed by atoms with van der Waals surface area (Å²) < 4.78 is 25.0. The number of likely N-dealkylation sites (tertiary alicyclic amines) is 1. The zero-order valence-electron chi connectivity index (χ0n) is 15.7. The molecule has 0 aliphatic carbocycles. The third-order valence-corrected chi connectivity index (χ3v) is 4.90. The van der Waals surface area contributed by atoms with Gasteiger partial charge in [0.2, 0.25) is 0 Å². The number of amides is 1. The predicted molar refractivity (Wildman–Crippen MR) is 99.4 cm³/mol. The van der Waals surface area contributed by atoms with Gasteiger partial charge in [-0.15, -0.1) is 0 Å². The van der Waals surface area contributed by atoms with Crippen LogP contribution in [-0.2, 0) is 11.3 Å². The highest BCUT2D eigenvalue weighted by molar-refractivity contribution is 5.96. The molecule has 6 heteroatoms. The first-order valence-corrected chi connectivity index (χ1v) is 8.88. The summed E-state index contributed by atoms with van der Waals surface area (Å²) in [5.74, 6) is -0.0978. The fourth-order valence-corrected chi connectivity index (χ4v) is 3.31. The van der Waals surface area contributed by atoms with Crippen molar-refractivity contribution in [3.05, 3.63) is 64.5 Å². The molecule has 3 rings (SSSR count). The molecular formula is C21H24FNO4. The van der Waals surface area contributed by atoms with Gasteiger partial charge in [0.1, 0.15) is 23.8 Å². The number of aryl methyl sites for hydroxylation is 2. The molecule has 1 fully saturated rings. The van der Waals surface area contributed by atoms with Gasteiger partial charge >= 0.3 is 0 Å². The van der Waals surface area contributed by atoms with Gasteiger partial charge in [-0.1, -0.05) is 17.7 Å². The Labute approximate surface area is 158 Å². The first-order valence-electron chi connectivity index (χ1n) is 8.88. The van der Waals surface area contributed by atoms with Gasteiger partial charge in [-0.3, -0.25) is 4.79 Å². The van der Waals surface area contributed by atoms with E-state index in [1.54, 1.807) is 12.0 Å². The van der Waals surface area contributed by atoms with Gasteiger partial charge in [0, 0.05) is 18.2 Å². The van der Waals surface area contributed by atoms with Gasteiger partial charge in [0.15, 0.2) is 0 Å². The first kappa shape index (κ1) is 19.3. The van der Waals surface area contributed by atoms with E-state index in [1.165, 1.54) is 18.2 Å². The molecule has 5 nitrogen and oxygen atoms in total. The van der Waals surface area contributed by atoms with Crippen LogP contribution in [0.2, 0.25) is 0 Å². The van der Waals surface area contributed by atoms with Gasteiger partial charge in [-0.25, -0.2) is 4.39 Å². The van der Waals surface area contributed by atoms with Crippen LogP contribution in [0.1, 0.15) is 27.0 Å². The Hall–Kier alpha value is -2.44. The van der Waals surface area contributed by atoms with Crippen molar-refractivity contribution >= 4 is 5.91 Å². The number of ether oxygens (including phenoxy) is 2. The molecule has 1 heterocycles. The molecular weight excluding hydrogens is 349 g/mol. The predicted octanol–water partition coefficient (Wildman–Crippen LogP) is 2.85. The Balaban J connectivity index is 1.77. The second kappa shape index (κ2) is 8.06. The van der Waals surface area contributed by atoms with E-state index in [0.717, 1.165) is 11.1 Å². The minimum absolute atomic E-state index is 0.0560. The van der Waals surface area contributed by atoms with Gasteiger partial charge in [-0.2, -0.15) is 0 Å². The van der Waals surface area contributed by atoms with Crippen molar-refractivity contribution in [3.63, 3.8) is 0 Å². The molecule has 2 aromatic carbocycles. The number of carbonyl (C=O) groups excluding carboxylic acids is 1. The molecule has 0 saturated carbocycles. The van der Waals surface area contributed by atoms with Gasteiger partial charge in [0.05, 0.1) is 19.7 Å². The Morgan fingerprint density at radius 2 is 1.93 bits per heavy atom. The number of rotatable bonds is 5. The highest BCUT2D eigenvalue weighted by Gasteiger charge is 2.37. The van der Waals surface area contributed by atoms with Crippen LogP contribution in [-0.4, -0.2) is 48.3 Å². The number of halogens is 1. The lowest BCUT2D eigenvalue weighted by Gasteiger charge is -2.19. The Kier molecular flexibility index (Phi) is 5.77. The molecule has 1 aliphatic rings. The molecule has 27 heavy (non-hydrogen) atoms. The van der Waals surface area contributed by atoms with Crippen LogP contribution in [0.3, 0.4) is 0 Å². The van der Waals surface area contributed by atoms with E-state index in [0.29, 0.717) is 24.4 Å². The summed E-state index contributed by atoms with van der Waals surface area (Å²) in [7, 11) is 1.58. The molecule has 0 bridgehead atoms. The van der Waals surface area contributed by atoms with E-state index in [4.69, 9.17) is 9.47 Å². The highest BCUT2D eigenvalue weighted by atomic mass is 19.1. The summed E-state index contributed by atoms with van der Waals surface area (Å²) in [4.78, 5) is 14.7. The molecule has 0 unspecified atom stereocenters. The molecule has 1 saturated heterocycles. The monoisotopic (exact) mass is 373 g/mol. The van der Waals surface area contributed by atoms with E-state index in [9.17, 15) is 14.3 Å². The molecule has 2 atom stereocenters. The summed E-state index contributed by atoms with van der Waals surface area (Å²) in [6, 6.07) is 10.0. The number of aliphatic hydroxyl groups is 1. The maximum atomic E-state index is 13.6. The van der Waals surface area contributed by atoms with Crippen LogP contribution in [0.15, 0.2) is 36.4 Å². The SMILES string of the molecule is CO[C@@H]1CN(C(=O)c2cc(C)ccc2C)C[C@H]1Oc1ccc(F)c(CO)c1. The highest BCUT2D eigenvalue weighted by Crippen LogP contribution is 2.25. The van der Waals surface area contributed by atoms with E-state index in [-0.39, 0.29) is 23.7 Å². The van der Waals surface area contributed by atoms with Crippen molar-refractivity contribution in [2.45, 2.75) is 32.7 Å². The molecule has 0 radical (unpaired) electrons. The largest absolute Gasteiger partial charge is 0.486 e. The third kappa shape index (κ3) is 4.12. The van der Waals surface area contributed by atoms with E-state index < -0.39 is 12.4 Å². The summed E-state index contributed by atoms with van der Waals surface area (Å²) in [6.07, 6.45) is -0.664. The fraction of sp³-hybridized carbons (Fsp3) is 0.381. The van der Waals surface area contributed by atoms with Crippen molar-refractivity contribution in [3.8, 4) is 5.75 Å². The summed E-state index contributed by atoms with van der Waals surface area (Å²) in [6.45, 7) is 4.26. The average Bonchev–Trinajstić information content (AvgIpc) is 3.07. The van der Waals surface area contributed by atoms with E-state index in [2.05, 4.69) is 0 Å². The Morgan fingerprint density at radius 1 is 1.19 bits per heavy atom. The molecule has 1 amide bonds. The summed E-state index contributed by atoms with van der Waals surface area (Å²) in [5.41, 5.74) is 2.80. The number of nitrogens with zero attached hydrogens (tertiary/aromatic N) is 1. The lowest BCUT2D eigenvalue weighted by Crippen LogP contribution is -2.32. The molecule has 1 aliphatic heterocycles. The molecule has 0 spiro atoms. The Bertz CT molecular complexity index is 839. The second-order valence-corrected chi connectivity index (χ2v) is 6.87. The number of hydrogen-bond donors (Lipinski definition) is 1. The van der Waals surface area contributed by atoms with Crippen LogP contribution in [0.5, 0.6) is 5.75 Å². The fourth-order valence-electron chi connectivity index (χ4n) is 3.31. The first-order chi connectivity index (χ1) is 12.9. The zero-order valence-corrected chi connectivity index (χ0v) is 15.7. The third-order valence-electron chi connectivity index (χ3n) is 4.90. The van der Waals surface area contributed by atoms with Crippen molar-refractivity contribution in [2.24, 2.45) is 0 Å². The van der Waals surface area contributed by atoms with Crippen LogP contribution in [0, 0.1) is 19.7 Å². The standard InChI is InChI=1S/C21H24FNO4/c1-13-4-5-14(2)17(8-13)21(25)23-10-19(26-3)20(11-23)27-16-6-7-18(22)15(9-16)12-24/h4-9,19-20,24H,10-12H2,1-3H3/t19-,20-/m1/s1. The zero-order chi connectivity index (χ0) is 19.6. The summed E-state index contributed by atoms with van der Waals surface area (Å²) in [5, 5.41) is 9.22. The maximum Gasteiger partial charge on any atom is 0.254 e. The van der Waals surface area contributed by atoms with Crippen molar-refractivity contribution < 1.29 is 23.8 Å². The maximum absolute atomic E-state index is 13.6. The minimum Gasteiger partial charge on any atom is -0.486 e. The van der Waals surface area contributed by atoms with Crippen LogP contribution in [0.4, 0.5) is 4.39 Å². The van der Waals surface area contributed by atoms with Gasteiger partial charge < -0.3 is 19.5 Å². The lowest BCUT2D eigenvalue weighted by atomic mass is 10.0.